The zero-order valence-corrected chi connectivity index (χ0v) is 12.0. The third-order valence-corrected chi connectivity index (χ3v) is 3.86. The van der Waals surface area contributed by atoms with Gasteiger partial charge in [-0.25, -0.2) is 0 Å². The molecule has 0 bridgehead atoms. The molecule has 1 aliphatic rings. The molecule has 0 radical (unpaired) electrons. The molecule has 2 N–H and O–H groups in total. The molecule has 0 saturated carbocycles. The van der Waals surface area contributed by atoms with E-state index in [1.807, 2.05) is 11.9 Å². The second-order valence-corrected chi connectivity index (χ2v) is 5.34. The lowest BCUT2D eigenvalue weighted by molar-refractivity contribution is -0.384. The standard InChI is InChI=1S/C13H15N5O4/c1-16-2-4-17(5-3-16)10-6-8-9(7-11(10)18(21)22)15-13(20)12(19)14-8/h6-7H,2-5H2,1H3,(H,14,19)(H,15,20). The fraction of sp³-hybridized carbons (Fsp3) is 0.385. The van der Waals surface area contributed by atoms with Gasteiger partial charge in [-0.3, -0.25) is 19.7 Å². The summed E-state index contributed by atoms with van der Waals surface area (Å²) < 4.78 is 0. The third kappa shape index (κ3) is 2.46. The van der Waals surface area contributed by atoms with E-state index >= 15 is 0 Å². The molecule has 1 aromatic heterocycles. The van der Waals surface area contributed by atoms with Gasteiger partial charge in [0.1, 0.15) is 5.69 Å². The smallest absolute Gasteiger partial charge is 0.314 e. The van der Waals surface area contributed by atoms with Crippen molar-refractivity contribution >= 4 is 22.4 Å². The van der Waals surface area contributed by atoms with Crippen molar-refractivity contribution in [3.05, 3.63) is 43.0 Å². The normalized spacial score (nSPS) is 16.1. The van der Waals surface area contributed by atoms with Gasteiger partial charge in [0.2, 0.25) is 0 Å². The van der Waals surface area contributed by atoms with E-state index < -0.39 is 16.0 Å². The average Bonchev–Trinajstić information content (AvgIpc) is 2.48. The topological polar surface area (TPSA) is 115 Å². The minimum atomic E-state index is -0.825. The number of aromatic amines is 2. The van der Waals surface area contributed by atoms with Crippen LogP contribution in [0.15, 0.2) is 21.7 Å². The first-order valence-electron chi connectivity index (χ1n) is 6.84. The lowest BCUT2D eigenvalue weighted by atomic mass is 10.2. The predicted molar refractivity (Wildman–Crippen MR) is 81.6 cm³/mol. The first-order valence-corrected chi connectivity index (χ1v) is 6.84. The van der Waals surface area contributed by atoms with Crippen molar-refractivity contribution in [3.63, 3.8) is 0 Å². The molecule has 1 aromatic carbocycles. The average molecular weight is 305 g/mol. The van der Waals surface area contributed by atoms with E-state index in [2.05, 4.69) is 14.9 Å². The summed E-state index contributed by atoms with van der Waals surface area (Å²) in [6.07, 6.45) is 0. The Hall–Kier alpha value is -2.68. The molecular formula is C13H15N5O4. The van der Waals surface area contributed by atoms with E-state index in [9.17, 15) is 19.7 Å². The van der Waals surface area contributed by atoms with E-state index in [1.54, 1.807) is 6.07 Å². The Balaban J connectivity index is 2.17. The molecule has 0 spiro atoms. The van der Waals surface area contributed by atoms with Gasteiger partial charge in [0, 0.05) is 32.2 Å². The molecule has 0 aliphatic carbocycles. The van der Waals surface area contributed by atoms with Gasteiger partial charge in [0.15, 0.2) is 0 Å². The van der Waals surface area contributed by atoms with Crippen LogP contribution in [0.5, 0.6) is 0 Å². The molecule has 1 fully saturated rings. The number of piperazine rings is 1. The minimum Gasteiger partial charge on any atom is -0.363 e. The van der Waals surface area contributed by atoms with Crippen LogP contribution >= 0.6 is 0 Å². The fourth-order valence-corrected chi connectivity index (χ4v) is 2.59. The Labute approximate surface area is 124 Å². The van der Waals surface area contributed by atoms with Gasteiger partial charge in [0.05, 0.1) is 16.0 Å². The summed E-state index contributed by atoms with van der Waals surface area (Å²) in [6, 6.07) is 2.84. The van der Waals surface area contributed by atoms with Crippen LogP contribution in [-0.2, 0) is 0 Å². The van der Waals surface area contributed by atoms with E-state index in [0.717, 1.165) is 13.1 Å². The zero-order valence-electron chi connectivity index (χ0n) is 12.0. The number of nitro benzene ring substituents is 1. The zero-order chi connectivity index (χ0) is 15.9. The maximum Gasteiger partial charge on any atom is 0.314 e. The van der Waals surface area contributed by atoms with Crippen LogP contribution in [0.1, 0.15) is 0 Å². The van der Waals surface area contributed by atoms with Crippen LogP contribution < -0.4 is 16.0 Å². The Morgan fingerprint density at radius 1 is 1.05 bits per heavy atom. The van der Waals surface area contributed by atoms with Gasteiger partial charge in [-0.2, -0.15) is 0 Å². The van der Waals surface area contributed by atoms with E-state index in [4.69, 9.17) is 0 Å². The summed E-state index contributed by atoms with van der Waals surface area (Å²) in [5.41, 5.74) is -0.605. The van der Waals surface area contributed by atoms with Crippen LogP contribution in [-0.4, -0.2) is 53.0 Å². The van der Waals surface area contributed by atoms with E-state index in [1.165, 1.54) is 6.07 Å². The van der Waals surface area contributed by atoms with Crippen molar-refractivity contribution in [1.29, 1.82) is 0 Å². The highest BCUT2D eigenvalue weighted by Crippen LogP contribution is 2.31. The van der Waals surface area contributed by atoms with Gasteiger partial charge in [-0.15, -0.1) is 0 Å². The summed E-state index contributed by atoms with van der Waals surface area (Å²) >= 11 is 0. The number of H-pyrrole nitrogens is 2. The van der Waals surface area contributed by atoms with Crippen molar-refractivity contribution in [2.45, 2.75) is 0 Å². The highest BCUT2D eigenvalue weighted by Gasteiger charge is 2.24. The second kappa shape index (κ2) is 5.26. The van der Waals surface area contributed by atoms with E-state index in [-0.39, 0.29) is 11.2 Å². The molecule has 2 aromatic rings. The maximum absolute atomic E-state index is 11.4. The monoisotopic (exact) mass is 305 g/mol. The van der Waals surface area contributed by atoms with Crippen LogP contribution in [0.2, 0.25) is 0 Å². The van der Waals surface area contributed by atoms with Gasteiger partial charge in [0.25, 0.3) is 5.69 Å². The van der Waals surface area contributed by atoms with Gasteiger partial charge < -0.3 is 19.8 Å². The number of likely N-dealkylation sites (N-methyl/N-ethyl adjacent to an activating group) is 1. The quantitative estimate of drug-likeness (QED) is 0.454. The highest BCUT2D eigenvalue weighted by molar-refractivity contribution is 5.84. The molecule has 2 heterocycles. The first-order chi connectivity index (χ1) is 10.5. The number of fused-ring (bicyclic) bond motifs is 1. The summed E-state index contributed by atoms with van der Waals surface area (Å²) in [7, 11) is 1.99. The number of benzene rings is 1. The number of hydrogen-bond acceptors (Lipinski definition) is 6. The minimum absolute atomic E-state index is 0.0836. The number of nitro groups is 1. The Kier molecular flexibility index (Phi) is 3.41. The highest BCUT2D eigenvalue weighted by atomic mass is 16.6. The van der Waals surface area contributed by atoms with Crippen molar-refractivity contribution in [2.75, 3.05) is 38.1 Å². The van der Waals surface area contributed by atoms with Gasteiger partial charge in [-0.05, 0) is 13.1 Å². The van der Waals surface area contributed by atoms with Crippen molar-refractivity contribution in [2.24, 2.45) is 0 Å². The molecule has 0 atom stereocenters. The lowest BCUT2D eigenvalue weighted by Gasteiger charge is -2.33. The summed E-state index contributed by atoms with van der Waals surface area (Å²) in [5.74, 6) is 0. The second-order valence-electron chi connectivity index (χ2n) is 5.34. The maximum atomic E-state index is 11.4. The molecule has 9 heteroatoms. The molecule has 22 heavy (non-hydrogen) atoms. The molecule has 1 aliphatic heterocycles. The van der Waals surface area contributed by atoms with E-state index in [0.29, 0.717) is 24.3 Å². The van der Waals surface area contributed by atoms with Crippen LogP contribution in [0.3, 0.4) is 0 Å². The third-order valence-electron chi connectivity index (χ3n) is 3.86. The van der Waals surface area contributed by atoms with Crippen LogP contribution in [0.4, 0.5) is 11.4 Å². The lowest BCUT2D eigenvalue weighted by Crippen LogP contribution is -2.44. The molecule has 9 nitrogen and oxygen atoms in total. The summed E-state index contributed by atoms with van der Waals surface area (Å²) in [4.78, 5) is 42.5. The van der Waals surface area contributed by atoms with Gasteiger partial charge >= 0.3 is 11.1 Å². The number of hydrogen-bond donors (Lipinski definition) is 2. The predicted octanol–water partition coefficient (Wildman–Crippen LogP) is -0.124. The summed E-state index contributed by atoms with van der Waals surface area (Å²) in [5, 5.41) is 11.3. The SMILES string of the molecule is CN1CCN(c2cc3[nH]c(=O)c(=O)[nH]c3cc2[N+](=O)[O-])CC1. The first kappa shape index (κ1) is 14.3. The molecule has 1 saturated heterocycles. The van der Waals surface area contributed by atoms with Crippen LogP contribution in [0, 0.1) is 10.1 Å². The molecule has 116 valence electrons. The van der Waals surface area contributed by atoms with Gasteiger partial charge in [-0.1, -0.05) is 0 Å². The van der Waals surface area contributed by atoms with Crippen molar-refractivity contribution < 1.29 is 4.92 Å². The van der Waals surface area contributed by atoms with Crippen molar-refractivity contribution in [3.8, 4) is 0 Å². The Morgan fingerprint density at radius 3 is 2.14 bits per heavy atom. The molecular weight excluding hydrogens is 290 g/mol. The van der Waals surface area contributed by atoms with Crippen LogP contribution in [0.25, 0.3) is 11.0 Å². The number of nitrogens with zero attached hydrogens (tertiary/aromatic N) is 3. The number of anilines is 1. The largest absolute Gasteiger partial charge is 0.363 e. The molecule has 0 unspecified atom stereocenters. The summed E-state index contributed by atoms with van der Waals surface area (Å²) in [6.45, 7) is 2.93. The fourth-order valence-electron chi connectivity index (χ4n) is 2.59. The Bertz CT molecular complexity index is 848. The van der Waals surface area contributed by atoms with Crippen molar-refractivity contribution in [1.82, 2.24) is 14.9 Å². The number of aromatic nitrogens is 2. The number of nitrogens with one attached hydrogen (secondary N) is 2. The molecule has 3 rings (SSSR count). The Morgan fingerprint density at radius 2 is 1.59 bits per heavy atom. The molecule has 0 amide bonds. The number of rotatable bonds is 2.